The number of hydrogen-bond acceptors (Lipinski definition) is 5. The van der Waals surface area contributed by atoms with E-state index in [-0.39, 0.29) is 34.9 Å². The molecule has 0 saturated carbocycles. The first kappa shape index (κ1) is 31.4. The van der Waals surface area contributed by atoms with E-state index >= 15 is 0 Å². The molecule has 0 amide bonds. The molecule has 0 radical (unpaired) electrons. The third kappa shape index (κ3) is 8.09. The van der Waals surface area contributed by atoms with E-state index in [0.717, 1.165) is 33.4 Å². The standard InChI is InChI=1S/C31H49O5P/c1-28(2,3)22-14-20(15-23(26(22)32)29(4,5)6)18-35-37(13,34)36-19-21-16-24(30(7,8)9)27(33)25(17-21)31(10,11)12/h14-17,32-33H,18-19H2,1-13H3. The molecule has 0 aromatic heterocycles. The first-order chi connectivity index (χ1) is 16.4. The minimum Gasteiger partial charge on any atom is -0.507 e. The van der Waals surface area contributed by atoms with Crippen molar-refractivity contribution < 1.29 is 23.8 Å². The Morgan fingerprint density at radius 3 is 0.973 bits per heavy atom. The summed E-state index contributed by atoms with van der Waals surface area (Å²) in [5.74, 6) is 0.604. The van der Waals surface area contributed by atoms with Gasteiger partial charge in [0.05, 0.1) is 13.2 Å². The van der Waals surface area contributed by atoms with Gasteiger partial charge in [0, 0.05) is 6.66 Å². The Labute approximate surface area is 225 Å². The van der Waals surface area contributed by atoms with Crippen LogP contribution in [-0.2, 0) is 48.5 Å². The van der Waals surface area contributed by atoms with Crippen molar-refractivity contribution in [2.75, 3.05) is 6.66 Å². The molecule has 0 heterocycles. The lowest BCUT2D eigenvalue weighted by Crippen LogP contribution is -2.18. The smallest absolute Gasteiger partial charge is 0.328 e. The van der Waals surface area contributed by atoms with Crippen molar-refractivity contribution in [3.63, 3.8) is 0 Å². The molecule has 0 aliphatic rings. The summed E-state index contributed by atoms with van der Waals surface area (Å²) in [6.45, 7) is 26.4. The highest BCUT2D eigenvalue weighted by molar-refractivity contribution is 7.52. The summed E-state index contributed by atoms with van der Waals surface area (Å²) in [4.78, 5) is 0. The van der Waals surface area contributed by atoms with Gasteiger partial charge in [-0.25, -0.2) is 0 Å². The molecule has 6 heteroatoms. The molecule has 0 fully saturated rings. The second-order valence-electron chi connectivity index (χ2n) is 14.4. The van der Waals surface area contributed by atoms with Crippen molar-refractivity contribution in [1.29, 1.82) is 0 Å². The van der Waals surface area contributed by atoms with Crippen LogP contribution in [0, 0.1) is 0 Å². The fraction of sp³-hybridized carbons (Fsp3) is 0.613. The van der Waals surface area contributed by atoms with Gasteiger partial charge in [-0.15, -0.1) is 0 Å². The van der Waals surface area contributed by atoms with Crippen LogP contribution in [0.2, 0.25) is 0 Å². The first-order valence-electron chi connectivity index (χ1n) is 13.0. The van der Waals surface area contributed by atoms with E-state index in [9.17, 15) is 14.8 Å². The van der Waals surface area contributed by atoms with Crippen LogP contribution in [0.25, 0.3) is 0 Å². The zero-order chi connectivity index (χ0) is 28.8. The van der Waals surface area contributed by atoms with Gasteiger partial charge in [-0.3, -0.25) is 4.57 Å². The third-order valence-corrected chi connectivity index (χ3v) is 7.70. The molecule has 2 rings (SSSR count). The highest BCUT2D eigenvalue weighted by Crippen LogP contribution is 2.48. The van der Waals surface area contributed by atoms with E-state index in [1.807, 2.05) is 24.3 Å². The monoisotopic (exact) mass is 532 g/mol. The average molecular weight is 533 g/mol. The van der Waals surface area contributed by atoms with Gasteiger partial charge in [-0.2, -0.15) is 0 Å². The summed E-state index contributed by atoms with van der Waals surface area (Å²) < 4.78 is 24.9. The second-order valence-corrected chi connectivity index (χ2v) is 16.5. The number of phenolic OH excluding ortho intramolecular Hbond substituents is 2. The second kappa shape index (κ2) is 10.4. The molecule has 208 valence electrons. The summed E-state index contributed by atoms with van der Waals surface area (Å²) >= 11 is 0. The molecule has 2 aromatic rings. The normalized spacial score (nSPS) is 13.8. The molecule has 0 aliphatic carbocycles. The van der Waals surface area contributed by atoms with Crippen molar-refractivity contribution in [3.05, 3.63) is 57.6 Å². The summed E-state index contributed by atoms with van der Waals surface area (Å²) in [7, 11) is -3.40. The van der Waals surface area contributed by atoms with E-state index in [4.69, 9.17) is 9.05 Å². The summed E-state index contributed by atoms with van der Waals surface area (Å²) in [5.41, 5.74) is 3.96. The molecular weight excluding hydrogens is 483 g/mol. The van der Waals surface area contributed by atoms with Gasteiger partial charge in [-0.1, -0.05) is 83.1 Å². The maximum atomic E-state index is 13.3. The van der Waals surface area contributed by atoms with E-state index < -0.39 is 7.60 Å². The molecule has 37 heavy (non-hydrogen) atoms. The average Bonchev–Trinajstić information content (AvgIpc) is 2.68. The van der Waals surface area contributed by atoms with Crippen LogP contribution < -0.4 is 0 Å². The van der Waals surface area contributed by atoms with Crippen LogP contribution in [0.5, 0.6) is 11.5 Å². The molecule has 0 saturated heterocycles. The Balaban J connectivity index is 2.31. The number of benzene rings is 2. The van der Waals surface area contributed by atoms with Crippen LogP contribution in [0.15, 0.2) is 24.3 Å². The molecule has 0 aliphatic heterocycles. The SMILES string of the molecule is CC(C)(C)c1cc(COP(C)(=O)OCc2cc(C(C)(C)C)c(O)c(C(C)(C)C)c2)cc(C(C)(C)C)c1O. The van der Waals surface area contributed by atoms with Gasteiger partial charge < -0.3 is 19.3 Å². The summed E-state index contributed by atoms with van der Waals surface area (Å²) in [6, 6.07) is 7.71. The summed E-state index contributed by atoms with van der Waals surface area (Å²) in [5, 5.41) is 21.9. The van der Waals surface area contributed by atoms with Crippen molar-refractivity contribution >= 4 is 7.60 Å². The highest BCUT2D eigenvalue weighted by Gasteiger charge is 2.29. The summed E-state index contributed by atoms with van der Waals surface area (Å²) in [6.07, 6.45) is 0. The quantitative estimate of drug-likeness (QED) is 0.363. The lowest BCUT2D eigenvalue weighted by Gasteiger charge is -2.28. The van der Waals surface area contributed by atoms with Crippen LogP contribution in [0.3, 0.4) is 0 Å². The Morgan fingerprint density at radius 2 is 0.784 bits per heavy atom. The van der Waals surface area contributed by atoms with E-state index in [1.54, 1.807) is 0 Å². The number of hydrogen-bond donors (Lipinski definition) is 2. The van der Waals surface area contributed by atoms with E-state index in [2.05, 4.69) is 83.1 Å². The van der Waals surface area contributed by atoms with Gasteiger partial charge in [0.25, 0.3) is 0 Å². The van der Waals surface area contributed by atoms with Gasteiger partial charge in [0.2, 0.25) is 0 Å². The predicted molar refractivity (Wildman–Crippen MR) is 154 cm³/mol. The Kier molecular flexibility index (Phi) is 8.82. The molecular formula is C31H49O5P. The van der Waals surface area contributed by atoms with Crippen molar-refractivity contribution in [2.24, 2.45) is 0 Å². The zero-order valence-corrected chi connectivity index (χ0v) is 26.2. The van der Waals surface area contributed by atoms with Gasteiger partial charge in [0.15, 0.2) is 0 Å². The lowest BCUT2D eigenvalue weighted by atomic mass is 9.78. The molecule has 0 unspecified atom stereocenters. The number of rotatable bonds is 6. The van der Waals surface area contributed by atoms with E-state index in [1.165, 1.54) is 6.66 Å². The largest absolute Gasteiger partial charge is 0.507 e. The van der Waals surface area contributed by atoms with Crippen molar-refractivity contribution in [2.45, 2.75) is 118 Å². The Bertz CT molecular complexity index is 1010. The Morgan fingerprint density at radius 1 is 0.568 bits per heavy atom. The molecule has 0 bridgehead atoms. The minimum absolute atomic E-state index is 0.107. The van der Waals surface area contributed by atoms with Gasteiger partial charge >= 0.3 is 7.60 Å². The fourth-order valence-electron chi connectivity index (χ4n) is 4.26. The topological polar surface area (TPSA) is 76.0 Å². The molecule has 2 N–H and O–H groups in total. The van der Waals surface area contributed by atoms with Crippen LogP contribution in [0.1, 0.15) is 116 Å². The van der Waals surface area contributed by atoms with Crippen molar-refractivity contribution in [1.82, 2.24) is 0 Å². The van der Waals surface area contributed by atoms with Crippen LogP contribution >= 0.6 is 7.60 Å². The van der Waals surface area contributed by atoms with Crippen LogP contribution in [0.4, 0.5) is 0 Å². The molecule has 2 aromatic carbocycles. The van der Waals surface area contributed by atoms with E-state index in [0.29, 0.717) is 11.5 Å². The van der Waals surface area contributed by atoms with Gasteiger partial charge in [0.1, 0.15) is 11.5 Å². The number of phenols is 2. The number of aromatic hydroxyl groups is 2. The van der Waals surface area contributed by atoms with Crippen molar-refractivity contribution in [3.8, 4) is 11.5 Å². The van der Waals surface area contributed by atoms with Crippen LogP contribution in [-0.4, -0.2) is 16.9 Å². The maximum absolute atomic E-state index is 13.3. The zero-order valence-electron chi connectivity index (χ0n) is 25.3. The van der Waals surface area contributed by atoms with Gasteiger partial charge in [-0.05, 0) is 79.3 Å². The molecule has 5 nitrogen and oxygen atoms in total. The highest BCUT2D eigenvalue weighted by atomic mass is 31.2. The lowest BCUT2D eigenvalue weighted by molar-refractivity contribution is 0.195. The first-order valence-corrected chi connectivity index (χ1v) is 15.0. The Hall–Kier alpha value is -1.81. The fourth-order valence-corrected chi connectivity index (χ4v) is 5.10. The maximum Gasteiger partial charge on any atom is 0.328 e. The predicted octanol–water partition coefficient (Wildman–Crippen LogP) is 8.84. The third-order valence-electron chi connectivity index (χ3n) is 6.50. The molecule has 0 atom stereocenters. The minimum atomic E-state index is -3.40. The molecule has 0 spiro atoms.